The molecule has 56 valence electrons. The lowest BCUT2D eigenvalue weighted by atomic mass is 10.2. The van der Waals surface area contributed by atoms with Crippen LogP contribution in [0.2, 0.25) is 0 Å². The first kappa shape index (κ1) is 8.70. The average molecular weight is 147 g/mol. The molecule has 0 aliphatic rings. The molecule has 0 saturated carbocycles. The summed E-state index contributed by atoms with van der Waals surface area (Å²) in [6.45, 7) is 0. The van der Waals surface area contributed by atoms with Crippen molar-refractivity contribution in [3.8, 4) is 0 Å². The molecule has 2 atom stereocenters. The number of rotatable bonds is 4. The maximum atomic E-state index is 9.85. The summed E-state index contributed by atoms with van der Waals surface area (Å²) in [6.07, 6.45) is -2.05. The SMILES string of the molecule is O=C[C@H](N=O)[C@@H](O)C(=O)O. The van der Waals surface area contributed by atoms with Gasteiger partial charge in [-0.05, 0) is 0 Å². The molecule has 10 heavy (non-hydrogen) atoms. The number of aldehydes is 1. The van der Waals surface area contributed by atoms with E-state index in [4.69, 9.17) is 10.2 Å². The van der Waals surface area contributed by atoms with Gasteiger partial charge < -0.3 is 15.0 Å². The average Bonchev–Trinajstić information content (AvgIpc) is 1.90. The van der Waals surface area contributed by atoms with Crippen LogP contribution in [0.15, 0.2) is 5.18 Å². The molecule has 0 aromatic carbocycles. The molecule has 0 rings (SSSR count). The first-order valence-corrected chi connectivity index (χ1v) is 2.32. The topological polar surface area (TPSA) is 104 Å². The summed E-state index contributed by atoms with van der Waals surface area (Å²) in [4.78, 5) is 29.2. The lowest BCUT2D eigenvalue weighted by Gasteiger charge is -2.03. The van der Waals surface area contributed by atoms with Gasteiger partial charge in [-0.1, -0.05) is 5.18 Å². The van der Waals surface area contributed by atoms with Gasteiger partial charge in [-0.2, -0.15) is 0 Å². The molecule has 2 N–H and O–H groups in total. The normalized spacial score (nSPS) is 15.3. The number of carbonyl (C=O) groups excluding carboxylic acids is 1. The Morgan fingerprint density at radius 2 is 2.10 bits per heavy atom. The largest absolute Gasteiger partial charge is 0.479 e. The second kappa shape index (κ2) is 3.67. The Bertz CT molecular complexity index is 148. The van der Waals surface area contributed by atoms with Crippen LogP contribution >= 0.6 is 0 Å². The van der Waals surface area contributed by atoms with E-state index in [-0.39, 0.29) is 6.29 Å². The summed E-state index contributed by atoms with van der Waals surface area (Å²) in [5.74, 6) is -1.64. The van der Waals surface area contributed by atoms with E-state index in [1.807, 2.05) is 0 Å². The minimum Gasteiger partial charge on any atom is -0.479 e. The summed E-state index contributed by atoms with van der Waals surface area (Å²) < 4.78 is 0. The van der Waals surface area contributed by atoms with E-state index in [0.717, 1.165) is 0 Å². The van der Waals surface area contributed by atoms with E-state index < -0.39 is 18.1 Å². The number of carboxylic acid groups (broad SMARTS) is 1. The van der Waals surface area contributed by atoms with Crippen molar-refractivity contribution in [2.24, 2.45) is 5.18 Å². The second-order valence-corrected chi connectivity index (χ2v) is 1.52. The van der Waals surface area contributed by atoms with Crippen LogP contribution in [0, 0.1) is 4.91 Å². The number of aliphatic hydroxyl groups excluding tert-OH is 1. The molecule has 6 nitrogen and oxygen atoms in total. The molecule has 0 spiro atoms. The Labute approximate surface area is 55.4 Å². The van der Waals surface area contributed by atoms with Crippen LogP contribution in [0.25, 0.3) is 0 Å². The molecule has 0 amide bonds. The second-order valence-electron chi connectivity index (χ2n) is 1.52. The van der Waals surface area contributed by atoms with Gasteiger partial charge in [0.05, 0.1) is 0 Å². The molecule has 0 fully saturated rings. The third kappa shape index (κ3) is 1.90. The summed E-state index contributed by atoms with van der Waals surface area (Å²) in [5, 5.41) is 18.5. The third-order valence-corrected chi connectivity index (χ3v) is 0.838. The van der Waals surface area contributed by atoms with Crippen molar-refractivity contribution < 1.29 is 19.8 Å². The quantitative estimate of drug-likeness (QED) is 0.382. The van der Waals surface area contributed by atoms with Gasteiger partial charge in [0.15, 0.2) is 18.4 Å². The van der Waals surface area contributed by atoms with Gasteiger partial charge >= 0.3 is 5.97 Å². The van der Waals surface area contributed by atoms with Crippen molar-refractivity contribution in [1.29, 1.82) is 0 Å². The van der Waals surface area contributed by atoms with Gasteiger partial charge in [0.2, 0.25) is 0 Å². The van der Waals surface area contributed by atoms with Gasteiger partial charge in [0.1, 0.15) is 0 Å². The fraction of sp³-hybridized carbons (Fsp3) is 0.500. The van der Waals surface area contributed by atoms with Gasteiger partial charge in [-0.3, -0.25) is 0 Å². The van der Waals surface area contributed by atoms with Crippen molar-refractivity contribution in [2.75, 3.05) is 0 Å². The van der Waals surface area contributed by atoms with Gasteiger partial charge in [0, 0.05) is 0 Å². The summed E-state index contributed by atoms with van der Waals surface area (Å²) in [5.41, 5.74) is 0. The molecule has 0 aromatic rings. The van der Waals surface area contributed by atoms with Gasteiger partial charge in [-0.25, -0.2) is 4.79 Å². The maximum absolute atomic E-state index is 9.85. The number of aliphatic carboxylic acids is 1. The number of hydrogen-bond acceptors (Lipinski definition) is 5. The molecule has 0 bridgehead atoms. The summed E-state index contributed by atoms with van der Waals surface area (Å²) in [6, 6.07) is -1.71. The minimum absolute atomic E-state index is 0.0220. The highest BCUT2D eigenvalue weighted by Crippen LogP contribution is 1.94. The zero-order valence-electron chi connectivity index (χ0n) is 4.80. The highest BCUT2D eigenvalue weighted by molar-refractivity contribution is 5.78. The maximum Gasteiger partial charge on any atom is 0.335 e. The third-order valence-electron chi connectivity index (χ3n) is 0.838. The minimum atomic E-state index is -2.03. The molecule has 0 aliphatic carbocycles. The first-order valence-electron chi connectivity index (χ1n) is 2.32. The predicted octanol–water partition coefficient (Wildman–Crippen LogP) is -1.23. The Kier molecular flexibility index (Phi) is 3.20. The van der Waals surface area contributed by atoms with Gasteiger partial charge in [0.25, 0.3) is 0 Å². The number of carboxylic acids is 1. The standard InChI is InChI=1S/C4H5NO5/c6-1-2(5-10)3(7)4(8)9/h1-3,7H,(H,8,9)/t2-,3+/m0/s1. The monoisotopic (exact) mass is 147 g/mol. The van der Waals surface area contributed by atoms with E-state index >= 15 is 0 Å². The van der Waals surface area contributed by atoms with Crippen molar-refractivity contribution >= 4 is 12.3 Å². The molecule has 0 aromatic heterocycles. The molecule has 0 radical (unpaired) electrons. The number of nitrogens with zero attached hydrogens (tertiary/aromatic N) is 1. The highest BCUT2D eigenvalue weighted by Gasteiger charge is 2.25. The lowest BCUT2D eigenvalue weighted by Crippen LogP contribution is -2.33. The fourth-order valence-electron chi connectivity index (χ4n) is 0.303. The van der Waals surface area contributed by atoms with Crippen LogP contribution in [0.5, 0.6) is 0 Å². The summed E-state index contributed by atoms with van der Waals surface area (Å²) in [7, 11) is 0. The van der Waals surface area contributed by atoms with Gasteiger partial charge in [-0.15, -0.1) is 4.91 Å². The smallest absolute Gasteiger partial charge is 0.335 e. The zero-order valence-corrected chi connectivity index (χ0v) is 4.80. The number of nitroso groups, excluding NO2 is 1. The Hall–Kier alpha value is -1.30. The Morgan fingerprint density at radius 3 is 2.20 bits per heavy atom. The summed E-state index contributed by atoms with van der Waals surface area (Å²) >= 11 is 0. The van der Waals surface area contributed by atoms with E-state index in [1.165, 1.54) is 0 Å². The van der Waals surface area contributed by atoms with Crippen molar-refractivity contribution in [3.63, 3.8) is 0 Å². The Balaban J connectivity index is 4.13. The van der Waals surface area contributed by atoms with Crippen LogP contribution in [0.4, 0.5) is 0 Å². The zero-order chi connectivity index (χ0) is 8.15. The number of hydrogen-bond donors (Lipinski definition) is 2. The number of carbonyl (C=O) groups is 2. The van der Waals surface area contributed by atoms with Crippen molar-refractivity contribution in [1.82, 2.24) is 0 Å². The molecule has 0 heterocycles. The van der Waals surface area contributed by atoms with Crippen LogP contribution in [-0.4, -0.2) is 34.6 Å². The van der Waals surface area contributed by atoms with Crippen molar-refractivity contribution in [2.45, 2.75) is 12.1 Å². The first-order chi connectivity index (χ1) is 4.63. The Morgan fingerprint density at radius 1 is 1.60 bits per heavy atom. The molecule has 0 aliphatic heterocycles. The van der Waals surface area contributed by atoms with Crippen LogP contribution < -0.4 is 0 Å². The molecular weight excluding hydrogens is 142 g/mol. The fourth-order valence-corrected chi connectivity index (χ4v) is 0.303. The molecule has 6 heteroatoms. The van der Waals surface area contributed by atoms with Crippen LogP contribution in [-0.2, 0) is 9.59 Å². The van der Waals surface area contributed by atoms with Crippen LogP contribution in [0.1, 0.15) is 0 Å². The molecule has 0 saturated heterocycles. The molecule has 0 unspecified atom stereocenters. The number of aliphatic hydroxyl groups is 1. The van der Waals surface area contributed by atoms with Crippen LogP contribution in [0.3, 0.4) is 0 Å². The lowest BCUT2D eigenvalue weighted by molar-refractivity contribution is -0.148. The van der Waals surface area contributed by atoms with Crippen molar-refractivity contribution in [3.05, 3.63) is 4.91 Å². The van der Waals surface area contributed by atoms with E-state index in [1.54, 1.807) is 0 Å². The molecular formula is C4H5NO5. The van der Waals surface area contributed by atoms with E-state index in [2.05, 4.69) is 5.18 Å². The van der Waals surface area contributed by atoms with E-state index in [0.29, 0.717) is 0 Å². The predicted molar refractivity (Wildman–Crippen MR) is 29.3 cm³/mol. The van der Waals surface area contributed by atoms with E-state index in [9.17, 15) is 14.5 Å². The highest BCUT2D eigenvalue weighted by atomic mass is 16.4.